The highest BCUT2D eigenvalue weighted by Gasteiger charge is 2.32. The maximum Gasteiger partial charge on any atom is 0.417 e. The highest BCUT2D eigenvalue weighted by atomic mass is 35.5. The number of imidazole rings is 1. The van der Waals surface area contributed by atoms with Crippen LogP contribution < -0.4 is 0 Å². The summed E-state index contributed by atoms with van der Waals surface area (Å²) in [5.41, 5.74) is 0.0746. The average molecular weight is 332 g/mol. The van der Waals surface area contributed by atoms with Crippen LogP contribution in [-0.2, 0) is 6.18 Å². The lowest BCUT2D eigenvalue weighted by atomic mass is 10.2. The molecule has 0 N–H and O–H groups in total. The Labute approximate surface area is 127 Å². The second-order valence-corrected chi connectivity index (χ2v) is 5.08. The average Bonchev–Trinajstić information content (AvgIpc) is 2.83. The molecule has 0 aliphatic carbocycles. The van der Waals surface area contributed by atoms with Crippen LogP contribution in [0.1, 0.15) is 5.56 Å². The molecule has 0 saturated carbocycles. The number of fused-ring (bicyclic) bond motifs is 1. The first kappa shape index (κ1) is 14.2. The molecule has 3 aromatic rings. The van der Waals surface area contributed by atoms with Gasteiger partial charge in [0, 0.05) is 18.0 Å². The van der Waals surface area contributed by atoms with Crippen molar-refractivity contribution in [2.24, 2.45) is 0 Å². The molecule has 3 heterocycles. The van der Waals surface area contributed by atoms with Crippen molar-refractivity contribution in [2.75, 3.05) is 0 Å². The first-order chi connectivity index (χ1) is 9.86. The fourth-order valence-corrected chi connectivity index (χ4v) is 2.30. The Hall–Kier alpha value is -1.79. The predicted molar refractivity (Wildman–Crippen MR) is 73.4 cm³/mol. The minimum Gasteiger partial charge on any atom is -0.298 e. The Bertz CT molecular complexity index is 810. The third kappa shape index (κ3) is 2.56. The van der Waals surface area contributed by atoms with Gasteiger partial charge in [-0.25, -0.2) is 9.97 Å². The van der Waals surface area contributed by atoms with Crippen LogP contribution in [0.25, 0.3) is 16.9 Å². The second-order valence-electron chi connectivity index (χ2n) is 4.28. The zero-order valence-electron chi connectivity index (χ0n) is 10.2. The van der Waals surface area contributed by atoms with E-state index in [1.54, 1.807) is 6.07 Å². The summed E-state index contributed by atoms with van der Waals surface area (Å²) >= 11 is 11.6. The number of alkyl halides is 3. The molecular weight excluding hydrogens is 326 g/mol. The molecule has 0 aromatic carbocycles. The molecule has 0 saturated heterocycles. The van der Waals surface area contributed by atoms with E-state index >= 15 is 0 Å². The van der Waals surface area contributed by atoms with Crippen LogP contribution in [0.5, 0.6) is 0 Å². The van der Waals surface area contributed by atoms with Crippen LogP contribution in [-0.4, -0.2) is 14.4 Å². The predicted octanol–water partition coefficient (Wildman–Crippen LogP) is 4.72. The van der Waals surface area contributed by atoms with E-state index in [0.717, 1.165) is 12.3 Å². The Morgan fingerprint density at radius 1 is 1.05 bits per heavy atom. The van der Waals surface area contributed by atoms with Crippen molar-refractivity contribution in [2.45, 2.75) is 6.18 Å². The molecule has 8 heteroatoms. The van der Waals surface area contributed by atoms with Crippen molar-refractivity contribution in [3.63, 3.8) is 0 Å². The van der Waals surface area contributed by atoms with E-state index in [2.05, 4.69) is 9.97 Å². The third-order valence-electron chi connectivity index (χ3n) is 2.90. The van der Waals surface area contributed by atoms with Gasteiger partial charge in [0.1, 0.15) is 11.0 Å². The molecule has 21 heavy (non-hydrogen) atoms. The lowest BCUT2D eigenvalue weighted by Gasteiger charge is -2.09. The molecule has 3 nitrogen and oxygen atoms in total. The van der Waals surface area contributed by atoms with Gasteiger partial charge in [0.2, 0.25) is 0 Å². The van der Waals surface area contributed by atoms with E-state index in [-0.39, 0.29) is 10.2 Å². The van der Waals surface area contributed by atoms with Gasteiger partial charge in [-0.2, -0.15) is 13.2 Å². The van der Waals surface area contributed by atoms with Gasteiger partial charge in [0.25, 0.3) is 0 Å². The van der Waals surface area contributed by atoms with Crippen molar-refractivity contribution in [3.8, 4) is 11.4 Å². The fraction of sp³-hybridized carbons (Fsp3) is 0.0769. The summed E-state index contributed by atoms with van der Waals surface area (Å²) in [4.78, 5) is 8.00. The van der Waals surface area contributed by atoms with E-state index in [0.29, 0.717) is 16.9 Å². The third-order valence-corrected chi connectivity index (χ3v) is 3.43. The molecule has 0 unspecified atom stereocenters. The summed E-state index contributed by atoms with van der Waals surface area (Å²) in [6, 6.07) is 4.04. The zero-order valence-corrected chi connectivity index (χ0v) is 11.7. The largest absolute Gasteiger partial charge is 0.417 e. The Morgan fingerprint density at radius 3 is 2.43 bits per heavy atom. The quantitative estimate of drug-likeness (QED) is 0.604. The lowest BCUT2D eigenvalue weighted by molar-refractivity contribution is -0.137. The van der Waals surface area contributed by atoms with Crippen LogP contribution in [0.2, 0.25) is 10.2 Å². The van der Waals surface area contributed by atoms with Crippen molar-refractivity contribution >= 4 is 28.7 Å². The summed E-state index contributed by atoms with van der Waals surface area (Å²) in [6.45, 7) is 0. The van der Waals surface area contributed by atoms with Gasteiger partial charge < -0.3 is 0 Å². The molecular formula is C13H6Cl2F3N3. The van der Waals surface area contributed by atoms with Gasteiger partial charge in [-0.15, -0.1) is 0 Å². The number of nitrogens with zero attached hydrogens (tertiary/aromatic N) is 3. The molecule has 0 radical (unpaired) electrons. The Kier molecular flexibility index (Phi) is 3.30. The van der Waals surface area contributed by atoms with Gasteiger partial charge in [0.05, 0.1) is 22.3 Å². The molecule has 0 bridgehead atoms. The molecule has 0 fully saturated rings. The molecule has 0 amide bonds. The van der Waals surface area contributed by atoms with Gasteiger partial charge >= 0.3 is 6.18 Å². The van der Waals surface area contributed by atoms with E-state index in [1.165, 1.54) is 22.9 Å². The number of hydrogen-bond donors (Lipinski definition) is 0. The van der Waals surface area contributed by atoms with Crippen molar-refractivity contribution in [1.29, 1.82) is 0 Å². The molecule has 0 aliphatic heterocycles. The lowest BCUT2D eigenvalue weighted by Crippen LogP contribution is -2.07. The van der Waals surface area contributed by atoms with Crippen LogP contribution in [0, 0.1) is 0 Å². The van der Waals surface area contributed by atoms with Gasteiger partial charge in [-0.3, -0.25) is 4.40 Å². The number of halogens is 5. The van der Waals surface area contributed by atoms with Crippen LogP contribution >= 0.6 is 23.2 Å². The van der Waals surface area contributed by atoms with Crippen molar-refractivity contribution in [3.05, 3.63) is 52.5 Å². The standard InChI is InChI=1S/C13H6Cl2F3N3/c14-9-3-8(13(16,17)18)6-21-10(9)5-20-12(21)7-1-2-11(15)19-4-7/h1-6H. The minimum atomic E-state index is -4.49. The molecule has 3 aromatic heterocycles. The Morgan fingerprint density at radius 2 is 1.81 bits per heavy atom. The second kappa shape index (κ2) is 4.89. The highest BCUT2D eigenvalue weighted by molar-refractivity contribution is 6.33. The summed E-state index contributed by atoms with van der Waals surface area (Å²) in [7, 11) is 0. The number of aromatic nitrogens is 3. The van der Waals surface area contributed by atoms with Gasteiger partial charge in [-0.1, -0.05) is 23.2 Å². The SMILES string of the molecule is FC(F)(F)c1cc(Cl)c2cnc(-c3ccc(Cl)nc3)n2c1. The molecule has 0 atom stereocenters. The number of pyridine rings is 2. The van der Waals surface area contributed by atoms with Gasteiger partial charge in [-0.05, 0) is 18.2 Å². The normalized spacial score (nSPS) is 12.0. The molecule has 3 rings (SSSR count). The van der Waals surface area contributed by atoms with E-state index in [1.807, 2.05) is 0 Å². The highest BCUT2D eigenvalue weighted by Crippen LogP contribution is 2.34. The smallest absolute Gasteiger partial charge is 0.298 e. The maximum absolute atomic E-state index is 12.9. The summed E-state index contributed by atoms with van der Waals surface area (Å²) in [6.07, 6.45) is -0.687. The molecule has 0 aliphatic rings. The minimum absolute atomic E-state index is 0.0227. The van der Waals surface area contributed by atoms with Crippen molar-refractivity contribution < 1.29 is 13.2 Å². The summed E-state index contributed by atoms with van der Waals surface area (Å²) in [5, 5.41) is 0.263. The monoisotopic (exact) mass is 331 g/mol. The van der Waals surface area contributed by atoms with Crippen LogP contribution in [0.3, 0.4) is 0 Å². The van der Waals surface area contributed by atoms with Crippen LogP contribution in [0.4, 0.5) is 13.2 Å². The van der Waals surface area contributed by atoms with Gasteiger partial charge in [0.15, 0.2) is 0 Å². The van der Waals surface area contributed by atoms with E-state index in [9.17, 15) is 13.2 Å². The maximum atomic E-state index is 12.9. The van der Waals surface area contributed by atoms with Crippen LogP contribution in [0.15, 0.2) is 36.8 Å². The first-order valence-corrected chi connectivity index (χ1v) is 6.47. The topological polar surface area (TPSA) is 30.2 Å². The fourth-order valence-electron chi connectivity index (χ4n) is 1.93. The number of rotatable bonds is 1. The van der Waals surface area contributed by atoms with E-state index < -0.39 is 11.7 Å². The zero-order chi connectivity index (χ0) is 15.2. The first-order valence-electron chi connectivity index (χ1n) is 5.72. The van der Waals surface area contributed by atoms with E-state index in [4.69, 9.17) is 23.2 Å². The number of hydrogen-bond acceptors (Lipinski definition) is 2. The summed E-state index contributed by atoms with van der Waals surface area (Å²) in [5.74, 6) is 0.308. The molecule has 0 spiro atoms. The Balaban J connectivity index is 2.25. The summed E-state index contributed by atoms with van der Waals surface area (Å²) < 4.78 is 39.9. The molecule has 108 valence electrons. The van der Waals surface area contributed by atoms with Crippen molar-refractivity contribution in [1.82, 2.24) is 14.4 Å².